The minimum atomic E-state index is 0.598. The summed E-state index contributed by atoms with van der Waals surface area (Å²) in [6.07, 6.45) is 4.40. The van der Waals surface area contributed by atoms with E-state index in [0.717, 1.165) is 23.2 Å². The fourth-order valence-corrected chi connectivity index (χ4v) is 1.58. The number of rotatable bonds is 2. The van der Waals surface area contributed by atoms with Gasteiger partial charge in [0.25, 0.3) is 0 Å². The van der Waals surface area contributed by atoms with E-state index < -0.39 is 0 Å². The Kier molecular flexibility index (Phi) is 2.41. The maximum atomic E-state index is 5.83. The van der Waals surface area contributed by atoms with Gasteiger partial charge in [0.05, 0.1) is 5.69 Å². The monoisotopic (exact) mass is 202 g/mol. The first-order chi connectivity index (χ1) is 7.16. The van der Waals surface area contributed by atoms with Crippen LogP contribution in [0, 0.1) is 6.92 Å². The summed E-state index contributed by atoms with van der Waals surface area (Å²) in [5.74, 6) is 0.598. The van der Waals surface area contributed by atoms with E-state index in [9.17, 15) is 0 Å². The van der Waals surface area contributed by atoms with E-state index in [1.807, 2.05) is 32.3 Å². The van der Waals surface area contributed by atoms with Gasteiger partial charge in [0.15, 0.2) is 0 Å². The minimum Gasteiger partial charge on any atom is -0.383 e. The predicted octanol–water partition coefficient (Wildman–Crippen LogP) is 1.30. The lowest BCUT2D eigenvalue weighted by Gasteiger charge is -2.06. The number of nitrogen functional groups attached to an aromatic ring is 1. The molecule has 2 aromatic heterocycles. The molecule has 2 aromatic rings. The summed E-state index contributed by atoms with van der Waals surface area (Å²) < 4.78 is 1.79. The van der Waals surface area contributed by atoms with Crippen molar-refractivity contribution in [3.05, 3.63) is 41.3 Å². The van der Waals surface area contributed by atoms with Crippen LogP contribution in [-0.2, 0) is 13.5 Å². The second kappa shape index (κ2) is 3.73. The summed E-state index contributed by atoms with van der Waals surface area (Å²) in [7, 11) is 1.91. The van der Waals surface area contributed by atoms with E-state index in [2.05, 4.69) is 10.1 Å². The van der Waals surface area contributed by atoms with E-state index in [0.29, 0.717) is 5.82 Å². The Morgan fingerprint density at radius 1 is 1.40 bits per heavy atom. The van der Waals surface area contributed by atoms with Crippen molar-refractivity contribution in [1.29, 1.82) is 0 Å². The number of anilines is 1. The highest BCUT2D eigenvalue weighted by Crippen LogP contribution is 2.16. The number of aryl methyl sites for hydroxylation is 2. The Labute approximate surface area is 88.8 Å². The van der Waals surface area contributed by atoms with Crippen LogP contribution in [-0.4, -0.2) is 14.8 Å². The summed E-state index contributed by atoms with van der Waals surface area (Å²) in [5, 5.41) is 4.32. The Morgan fingerprint density at radius 3 is 2.80 bits per heavy atom. The normalized spacial score (nSPS) is 10.5. The van der Waals surface area contributed by atoms with Crippen molar-refractivity contribution in [2.75, 3.05) is 5.73 Å². The first kappa shape index (κ1) is 9.71. The molecule has 0 fully saturated rings. The van der Waals surface area contributed by atoms with E-state index in [-0.39, 0.29) is 0 Å². The quantitative estimate of drug-likeness (QED) is 0.798. The van der Waals surface area contributed by atoms with Crippen molar-refractivity contribution < 1.29 is 0 Å². The van der Waals surface area contributed by atoms with E-state index >= 15 is 0 Å². The SMILES string of the molecule is Cc1ccnc(N)c1Cc1ccn(C)n1. The van der Waals surface area contributed by atoms with Gasteiger partial charge in [0.2, 0.25) is 0 Å². The van der Waals surface area contributed by atoms with Crippen molar-refractivity contribution in [3.63, 3.8) is 0 Å². The van der Waals surface area contributed by atoms with E-state index in [1.54, 1.807) is 10.9 Å². The Morgan fingerprint density at radius 2 is 2.20 bits per heavy atom. The predicted molar refractivity (Wildman–Crippen MR) is 59.4 cm³/mol. The molecule has 0 saturated carbocycles. The maximum absolute atomic E-state index is 5.83. The average Bonchev–Trinajstić information content (AvgIpc) is 2.58. The van der Waals surface area contributed by atoms with Gasteiger partial charge >= 0.3 is 0 Å². The van der Waals surface area contributed by atoms with Gasteiger partial charge in [0, 0.05) is 31.4 Å². The number of nitrogens with zero attached hydrogens (tertiary/aromatic N) is 3. The van der Waals surface area contributed by atoms with Gasteiger partial charge in [-0.25, -0.2) is 4.98 Å². The first-order valence-corrected chi connectivity index (χ1v) is 4.85. The zero-order valence-corrected chi connectivity index (χ0v) is 8.94. The fourth-order valence-electron chi connectivity index (χ4n) is 1.58. The molecule has 0 radical (unpaired) electrons. The highest BCUT2D eigenvalue weighted by molar-refractivity contribution is 5.45. The van der Waals surface area contributed by atoms with Crippen LogP contribution in [0.15, 0.2) is 24.5 Å². The van der Waals surface area contributed by atoms with Gasteiger partial charge in [0.1, 0.15) is 5.82 Å². The smallest absolute Gasteiger partial charge is 0.127 e. The van der Waals surface area contributed by atoms with Crippen molar-refractivity contribution in [1.82, 2.24) is 14.8 Å². The second-order valence-electron chi connectivity index (χ2n) is 3.65. The summed E-state index contributed by atoms with van der Waals surface area (Å²) in [6, 6.07) is 3.96. The number of hydrogen-bond acceptors (Lipinski definition) is 3. The van der Waals surface area contributed by atoms with Crippen LogP contribution < -0.4 is 5.73 Å². The lowest BCUT2D eigenvalue weighted by atomic mass is 10.1. The number of hydrogen-bond donors (Lipinski definition) is 1. The van der Waals surface area contributed by atoms with E-state index in [1.165, 1.54) is 0 Å². The molecule has 0 spiro atoms. The number of aromatic nitrogens is 3. The molecule has 0 atom stereocenters. The molecule has 78 valence electrons. The Hall–Kier alpha value is -1.84. The van der Waals surface area contributed by atoms with Gasteiger partial charge in [-0.15, -0.1) is 0 Å². The van der Waals surface area contributed by atoms with Crippen LogP contribution in [0.4, 0.5) is 5.82 Å². The van der Waals surface area contributed by atoms with Crippen LogP contribution >= 0.6 is 0 Å². The Bertz CT molecular complexity index is 453. The van der Waals surface area contributed by atoms with E-state index in [4.69, 9.17) is 5.73 Å². The lowest BCUT2D eigenvalue weighted by molar-refractivity contribution is 0.749. The molecule has 15 heavy (non-hydrogen) atoms. The maximum Gasteiger partial charge on any atom is 0.127 e. The van der Waals surface area contributed by atoms with Gasteiger partial charge < -0.3 is 5.73 Å². The van der Waals surface area contributed by atoms with Crippen molar-refractivity contribution in [3.8, 4) is 0 Å². The van der Waals surface area contributed by atoms with Crippen LogP contribution in [0.1, 0.15) is 16.8 Å². The van der Waals surface area contributed by atoms with Gasteiger partial charge in [-0.05, 0) is 24.6 Å². The summed E-state index contributed by atoms with van der Waals surface area (Å²) in [6.45, 7) is 2.04. The third kappa shape index (κ3) is 1.98. The van der Waals surface area contributed by atoms with Gasteiger partial charge in [-0.3, -0.25) is 4.68 Å². The average molecular weight is 202 g/mol. The summed E-state index contributed by atoms with van der Waals surface area (Å²) in [4.78, 5) is 4.09. The zero-order chi connectivity index (χ0) is 10.8. The van der Waals surface area contributed by atoms with Crippen LogP contribution in [0.5, 0.6) is 0 Å². The van der Waals surface area contributed by atoms with Gasteiger partial charge in [-0.1, -0.05) is 0 Å². The minimum absolute atomic E-state index is 0.598. The summed E-state index contributed by atoms with van der Waals surface area (Å²) >= 11 is 0. The van der Waals surface area contributed by atoms with Crippen LogP contribution in [0.3, 0.4) is 0 Å². The molecular weight excluding hydrogens is 188 g/mol. The molecule has 0 saturated heterocycles. The van der Waals surface area contributed by atoms with Gasteiger partial charge in [-0.2, -0.15) is 5.10 Å². The molecule has 0 bridgehead atoms. The molecule has 4 heteroatoms. The molecule has 2 N–H and O–H groups in total. The number of pyridine rings is 1. The molecule has 0 aromatic carbocycles. The Balaban J connectivity index is 2.31. The molecular formula is C11H14N4. The van der Waals surface area contributed by atoms with Crippen molar-refractivity contribution in [2.45, 2.75) is 13.3 Å². The lowest BCUT2D eigenvalue weighted by Crippen LogP contribution is -2.02. The molecule has 4 nitrogen and oxygen atoms in total. The molecule has 0 aliphatic rings. The van der Waals surface area contributed by atoms with Crippen LogP contribution in [0.2, 0.25) is 0 Å². The molecule has 2 heterocycles. The van der Waals surface area contributed by atoms with Crippen molar-refractivity contribution in [2.24, 2.45) is 7.05 Å². The fraction of sp³-hybridized carbons (Fsp3) is 0.273. The summed E-state index contributed by atoms with van der Waals surface area (Å²) in [5.41, 5.74) is 9.07. The molecule has 0 amide bonds. The molecule has 0 aliphatic carbocycles. The highest BCUT2D eigenvalue weighted by atomic mass is 15.2. The second-order valence-corrected chi connectivity index (χ2v) is 3.65. The highest BCUT2D eigenvalue weighted by Gasteiger charge is 2.06. The topological polar surface area (TPSA) is 56.7 Å². The zero-order valence-electron chi connectivity index (χ0n) is 8.94. The standard InChI is InChI=1S/C11H14N4/c1-8-3-5-13-11(12)10(8)7-9-4-6-15(2)14-9/h3-6H,7H2,1-2H3,(H2,12,13). The van der Waals surface area contributed by atoms with Crippen LogP contribution in [0.25, 0.3) is 0 Å². The largest absolute Gasteiger partial charge is 0.383 e. The third-order valence-electron chi connectivity index (χ3n) is 2.45. The molecule has 0 unspecified atom stereocenters. The first-order valence-electron chi connectivity index (χ1n) is 4.85. The number of nitrogens with two attached hydrogens (primary N) is 1. The molecule has 0 aliphatic heterocycles. The van der Waals surface area contributed by atoms with Crippen molar-refractivity contribution >= 4 is 5.82 Å². The molecule has 2 rings (SSSR count). The third-order valence-corrected chi connectivity index (χ3v) is 2.45.